The van der Waals surface area contributed by atoms with Crippen LogP contribution in [0, 0.1) is 13.8 Å². The van der Waals surface area contributed by atoms with Gasteiger partial charge in [0.2, 0.25) is 0 Å². The van der Waals surface area contributed by atoms with E-state index in [0.717, 1.165) is 15.7 Å². The molecule has 27 heavy (non-hydrogen) atoms. The zero-order chi connectivity index (χ0) is 19.6. The number of rotatable bonds is 6. The van der Waals surface area contributed by atoms with Crippen LogP contribution in [0.5, 0.6) is 5.75 Å². The number of anilines is 1. The molecule has 3 rings (SSSR count). The van der Waals surface area contributed by atoms with Crippen LogP contribution in [0.1, 0.15) is 17.0 Å². The first kappa shape index (κ1) is 19.4. The van der Waals surface area contributed by atoms with Gasteiger partial charge in [0.05, 0.1) is 35.6 Å². The van der Waals surface area contributed by atoms with E-state index in [1.165, 1.54) is 19.2 Å². The number of nitrogens with one attached hydrogen (secondary N) is 1. The molecule has 0 saturated heterocycles. The largest absolute Gasteiger partial charge is 0.497 e. The van der Waals surface area contributed by atoms with Crippen molar-refractivity contribution in [1.82, 2.24) is 9.78 Å². The van der Waals surface area contributed by atoms with Crippen molar-refractivity contribution in [3.63, 3.8) is 0 Å². The molecule has 0 spiro atoms. The van der Waals surface area contributed by atoms with E-state index >= 15 is 0 Å². The second kappa shape index (κ2) is 7.74. The number of sulfonamides is 1. The van der Waals surface area contributed by atoms with E-state index in [0.29, 0.717) is 23.7 Å². The molecule has 0 aliphatic rings. The van der Waals surface area contributed by atoms with Crippen LogP contribution in [0.25, 0.3) is 0 Å². The number of hydrogen-bond acceptors (Lipinski definition) is 4. The molecule has 2 aromatic carbocycles. The third-order valence-electron chi connectivity index (χ3n) is 4.23. The molecule has 1 aromatic heterocycles. The van der Waals surface area contributed by atoms with Crippen LogP contribution in [0.3, 0.4) is 0 Å². The minimum Gasteiger partial charge on any atom is -0.497 e. The third kappa shape index (κ3) is 4.33. The summed E-state index contributed by atoms with van der Waals surface area (Å²) in [4.78, 5) is 0.169. The van der Waals surface area contributed by atoms with E-state index in [4.69, 9.17) is 4.74 Å². The Balaban J connectivity index is 1.86. The average Bonchev–Trinajstić information content (AvgIpc) is 2.91. The van der Waals surface area contributed by atoms with Crippen molar-refractivity contribution in [2.24, 2.45) is 0 Å². The highest BCUT2D eigenvalue weighted by Crippen LogP contribution is 2.25. The molecule has 0 atom stereocenters. The molecule has 142 valence electrons. The van der Waals surface area contributed by atoms with Crippen molar-refractivity contribution in [3.05, 3.63) is 70.0 Å². The molecule has 3 aromatic rings. The predicted molar refractivity (Wildman–Crippen MR) is 109 cm³/mol. The van der Waals surface area contributed by atoms with Crippen LogP contribution in [-0.2, 0) is 16.6 Å². The van der Waals surface area contributed by atoms with Crippen LogP contribution in [0.4, 0.5) is 5.69 Å². The zero-order valence-corrected chi connectivity index (χ0v) is 17.6. The monoisotopic (exact) mass is 449 g/mol. The minimum atomic E-state index is -3.71. The van der Waals surface area contributed by atoms with Crippen molar-refractivity contribution in [1.29, 1.82) is 0 Å². The summed E-state index contributed by atoms with van der Waals surface area (Å²) in [6, 6.07) is 14.2. The summed E-state index contributed by atoms with van der Waals surface area (Å²) in [5.74, 6) is 0.601. The number of aryl methyl sites for hydroxylation is 1. The maximum absolute atomic E-state index is 12.7. The Bertz CT molecular complexity index is 1040. The van der Waals surface area contributed by atoms with Gasteiger partial charge in [0, 0.05) is 4.47 Å². The van der Waals surface area contributed by atoms with Crippen molar-refractivity contribution < 1.29 is 13.2 Å². The van der Waals surface area contributed by atoms with Crippen LogP contribution in [0.2, 0.25) is 0 Å². The lowest BCUT2D eigenvalue weighted by Crippen LogP contribution is -2.14. The highest BCUT2D eigenvalue weighted by molar-refractivity contribution is 9.10. The lowest BCUT2D eigenvalue weighted by molar-refractivity contribution is 0.414. The molecule has 1 N–H and O–H groups in total. The molecule has 0 aliphatic heterocycles. The van der Waals surface area contributed by atoms with E-state index < -0.39 is 10.0 Å². The van der Waals surface area contributed by atoms with Gasteiger partial charge >= 0.3 is 0 Å². The van der Waals surface area contributed by atoms with E-state index in [2.05, 4.69) is 25.8 Å². The first-order valence-corrected chi connectivity index (χ1v) is 10.5. The van der Waals surface area contributed by atoms with Gasteiger partial charge in [-0.1, -0.05) is 28.1 Å². The SMILES string of the molecule is COc1ccc(S(=O)(=O)Nc2c(C)nn(Cc3ccc(Br)cc3)c2C)cc1. The Morgan fingerprint density at radius 3 is 2.30 bits per heavy atom. The molecule has 0 saturated carbocycles. The first-order chi connectivity index (χ1) is 12.8. The first-order valence-electron chi connectivity index (χ1n) is 8.25. The van der Waals surface area contributed by atoms with Gasteiger partial charge in [-0.25, -0.2) is 8.42 Å². The van der Waals surface area contributed by atoms with Crippen LogP contribution >= 0.6 is 15.9 Å². The number of nitrogens with zero attached hydrogens (tertiary/aromatic N) is 2. The summed E-state index contributed by atoms with van der Waals surface area (Å²) in [5, 5.41) is 4.49. The van der Waals surface area contributed by atoms with Crippen molar-refractivity contribution in [2.75, 3.05) is 11.8 Å². The van der Waals surface area contributed by atoms with Gasteiger partial charge in [-0.3, -0.25) is 9.40 Å². The average molecular weight is 450 g/mol. The molecular formula is C19H20BrN3O3S. The topological polar surface area (TPSA) is 73.2 Å². The van der Waals surface area contributed by atoms with Gasteiger partial charge in [-0.15, -0.1) is 0 Å². The molecule has 0 unspecified atom stereocenters. The van der Waals surface area contributed by atoms with E-state index in [9.17, 15) is 8.42 Å². The van der Waals surface area contributed by atoms with Crippen LogP contribution in [0.15, 0.2) is 57.9 Å². The number of ether oxygens (including phenoxy) is 1. The smallest absolute Gasteiger partial charge is 0.262 e. The molecule has 0 aliphatic carbocycles. The van der Waals surface area contributed by atoms with Gasteiger partial charge < -0.3 is 4.74 Å². The fourth-order valence-electron chi connectivity index (χ4n) is 2.71. The van der Waals surface area contributed by atoms with Gasteiger partial charge in [0.15, 0.2) is 0 Å². The Kier molecular flexibility index (Phi) is 5.57. The molecule has 0 amide bonds. The standard InChI is InChI=1S/C19H20BrN3O3S/c1-13-19(22-27(24,25)18-10-8-17(26-3)9-11-18)14(2)23(21-13)12-15-4-6-16(20)7-5-15/h4-11,22H,12H2,1-3H3. The lowest BCUT2D eigenvalue weighted by Gasteiger charge is -2.10. The molecule has 6 nitrogen and oxygen atoms in total. The fourth-order valence-corrected chi connectivity index (χ4v) is 4.15. The predicted octanol–water partition coefficient (Wildman–Crippen LogP) is 4.12. The van der Waals surface area contributed by atoms with E-state index in [-0.39, 0.29) is 4.90 Å². The minimum absolute atomic E-state index is 0.169. The normalized spacial score (nSPS) is 11.4. The Labute approximate surface area is 167 Å². The quantitative estimate of drug-likeness (QED) is 0.613. The molecule has 0 bridgehead atoms. The molecular weight excluding hydrogens is 430 g/mol. The number of methoxy groups -OCH3 is 1. The maximum Gasteiger partial charge on any atom is 0.262 e. The summed E-state index contributed by atoms with van der Waals surface area (Å²) in [6.07, 6.45) is 0. The van der Waals surface area contributed by atoms with Crippen LogP contribution < -0.4 is 9.46 Å². The van der Waals surface area contributed by atoms with Gasteiger partial charge in [0.25, 0.3) is 10.0 Å². The maximum atomic E-state index is 12.7. The number of hydrogen-bond donors (Lipinski definition) is 1. The van der Waals surface area contributed by atoms with Gasteiger partial charge in [-0.2, -0.15) is 5.10 Å². The van der Waals surface area contributed by atoms with Crippen molar-refractivity contribution in [3.8, 4) is 5.75 Å². The zero-order valence-electron chi connectivity index (χ0n) is 15.2. The van der Waals surface area contributed by atoms with Crippen molar-refractivity contribution in [2.45, 2.75) is 25.3 Å². The summed E-state index contributed by atoms with van der Waals surface area (Å²) in [7, 11) is -2.18. The van der Waals surface area contributed by atoms with E-state index in [1.54, 1.807) is 23.7 Å². The summed E-state index contributed by atoms with van der Waals surface area (Å²) >= 11 is 3.42. The fraction of sp³-hybridized carbons (Fsp3) is 0.211. The molecule has 1 heterocycles. The Morgan fingerprint density at radius 1 is 1.07 bits per heavy atom. The lowest BCUT2D eigenvalue weighted by atomic mass is 10.2. The second-order valence-corrected chi connectivity index (χ2v) is 8.71. The third-order valence-corrected chi connectivity index (χ3v) is 6.13. The van der Waals surface area contributed by atoms with Crippen LogP contribution in [-0.4, -0.2) is 25.3 Å². The molecule has 0 radical (unpaired) electrons. The number of aromatic nitrogens is 2. The highest BCUT2D eigenvalue weighted by Gasteiger charge is 2.20. The van der Waals surface area contributed by atoms with Crippen molar-refractivity contribution >= 4 is 31.6 Å². The summed E-state index contributed by atoms with van der Waals surface area (Å²) in [6.45, 7) is 4.20. The van der Waals surface area contributed by atoms with Gasteiger partial charge in [-0.05, 0) is 55.8 Å². The van der Waals surface area contributed by atoms with Gasteiger partial charge in [0.1, 0.15) is 5.75 Å². The molecule has 0 fully saturated rings. The summed E-state index contributed by atoms with van der Waals surface area (Å²) < 4.78 is 36.0. The Morgan fingerprint density at radius 2 is 1.70 bits per heavy atom. The summed E-state index contributed by atoms with van der Waals surface area (Å²) in [5.41, 5.74) is 2.96. The highest BCUT2D eigenvalue weighted by atomic mass is 79.9. The second-order valence-electron chi connectivity index (χ2n) is 6.11. The number of benzene rings is 2. The van der Waals surface area contributed by atoms with E-state index in [1.807, 2.05) is 31.2 Å². The Hall–Kier alpha value is -2.32. The number of halogens is 1. The molecule has 8 heteroatoms.